The van der Waals surface area contributed by atoms with Crippen molar-refractivity contribution in [2.24, 2.45) is 0 Å². The van der Waals surface area contributed by atoms with E-state index in [0.717, 1.165) is 24.3 Å². The first-order valence-electron chi connectivity index (χ1n) is 3.88. The first kappa shape index (κ1) is 11.6. The Balaban J connectivity index is 2.58. The first-order chi connectivity index (χ1) is 6.88. The second kappa shape index (κ2) is 4.39. The van der Waals surface area contributed by atoms with Crippen molar-refractivity contribution in [2.75, 3.05) is 6.61 Å². The van der Waals surface area contributed by atoms with E-state index in [1.165, 1.54) is 0 Å². The fourth-order valence-corrected chi connectivity index (χ4v) is 0.866. The number of benzene rings is 1. The topological polar surface area (TPSA) is 26.3 Å². The Labute approximate surface area is 82.5 Å². The van der Waals surface area contributed by atoms with Crippen molar-refractivity contribution in [3.63, 3.8) is 0 Å². The molecule has 0 heterocycles. The normalized spacial score (nSPS) is 11.5. The molecule has 1 aromatic carbocycles. The lowest BCUT2D eigenvalue weighted by atomic mass is 10.1. The Kier molecular flexibility index (Phi) is 3.41. The Bertz CT molecular complexity index is 342. The van der Waals surface area contributed by atoms with Crippen LogP contribution < -0.4 is 0 Å². The highest BCUT2D eigenvalue weighted by atomic mass is 19.4. The molecule has 0 N–H and O–H groups in total. The standard InChI is InChI=1S/C9H6F4O2/c10-7-3-1-6(2-4-7)8(14)5-15-9(11,12)13/h1-4H,5H2. The summed E-state index contributed by atoms with van der Waals surface area (Å²) in [6.07, 6.45) is -4.84. The summed E-state index contributed by atoms with van der Waals surface area (Å²) in [5.41, 5.74) is -0.0272. The molecule has 2 nitrogen and oxygen atoms in total. The molecule has 0 fully saturated rings. The first-order valence-corrected chi connectivity index (χ1v) is 3.88. The minimum absolute atomic E-state index is 0.0272. The van der Waals surface area contributed by atoms with E-state index >= 15 is 0 Å². The number of rotatable bonds is 3. The van der Waals surface area contributed by atoms with E-state index in [0.29, 0.717) is 0 Å². The Morgan fingerprint density at radius 3 is 2.20 bits per heavy atom. The van der Waals surface area contributed by atoms with E-state index in [1.807, 2.05) is 0 Å². The maximum atomic E-state index is 12.4. The SMILES string of the molecule is O=C(COC(F)(F)F)c1ccc(F)cc1. The summed E-state index contributed by atoms with van der Waals surface area (Å²) in [6, 6.07) is 4.16. The molecule has 0 spiro atoms. The van der Waals surface area contributed by atoms with Crippen LogP contribution in [0.2, 0.25) is 0 Å². The molecule has 0 saturated carbocycles. The molecule has 0 atom stereocenters. The van der Waals surface area contributed by atoms with Crippen molar-refractivity contribution >= 4 is 5.78 Å². The molecule has 1 aromatic rings. The number of Topliss-reactive ketones (excluding diaryl/α,β-unsaturated/α-hetero) is 1. The molecule has 0 amide bonds. The van der Waals surface area contributed by atoms with Gasteiger partial charge in [-0.05, 0) is 24.3 Å². The monoisotopic (exact) mass is 222 g/mol. The van der Waals surface area contributed by atoms with E-state index in [2.05, 4.69) is 4.74 Å². The molecule has 0 aliphatic carbocycles. The van der Waals surface area contributed by atoms with Crippen LogP contribution in [0.15, 0.2) is 24.3 Å². The Morgan fingerprint density at radius 1 is 1.20 bits per heavy atom. The minimum atomic E-state index is -4.84. The third-order valence-corrected chi connectivity index (χ3v) is 1.53. The average Bonchev–Trinajstić information content (AvgIpc) is 2.14. The van der Waals surface area contributed by atoms with E-state index in [1.54, 1.807) is 0 Å². The van der Waals surface area contributed by atoms with Crippen molar-refractivity contribution in [3.05, 3.63) is 35.6 Å². The fourth-order valence-electron chi connectivity index (χ4n) is 0.866. The highest BCUT2D eigenvalue weighted by Gasteiger charge is 2.30. The van der Waals surface area contributed by atoms with Crippen LogP contribution in [0.5, 0.6) is 0 Å². The number of ether oxygens (including phenoxy) is 1. The van der Waals surface area contributed by atoms with Crippen molar-refractivity contribution < 1.29 is 27.1 Å². The summed E-state index contributed by atoms with van der Waals surface area (Å²) in [6.45, 7) is -1.10. The van der Waals surface area contributed by atoms with Crippen LogP contribution in [0.3, 0.4) is 0 Å². The largest absolute Gasteiger partial charge is 0.522 e. The van der Waals surface area contributed by atoms with Crippen LogP contribution >= 0.6 is 0 Å². The zero-order valence-corrected chi connectivity index (χ0v) is 7.34. The van der Waals surface area contributed by atoms with Gasteiger partial charge in [-0.15, -0.1) is 13.2 Å². The summed E-state index contributed by atoms with van der Waals surface area (Å²) in [4.78, 5) is 11.1. The molecule has 82 valence electrons. The van der Waals surface area contributed by atoms with Gasteiger partial charge < -0.3 is 0 Å². The molecular formula is C9H6F4O2. The van der Waals surface area contributed by atoms with Gasteiger partial charge in [0.05, 0.1) is 0 Å². The smallest absolute Gasteiger partial charge is 0.292 e. The van der Waals surface area contributed by atoms with Crippen LogP contribution in [0.25, 0.3) is 0 Å². The van der Waals surface area contributed by atoms with Gasteiger partial charge in [0, 0.05) is 5.56 Å². The highest BCUT2D eigenvalue weighted by Crippen LogP contribution is 2.16. The quantitative estimate of drug-likeness (QED) is 0.580. The van der Waals surface area contributed by atoms with Gasteiger partial charge in [0.2, 0.25) is 0 Å². The molecule has 0 saturated heterocycles. The average molecular weight is 222 g/mol. The molecule has 0 aromatic heterocycles. The van der Waals surface area contributed by atoms with Crippen LogP contribution in [0.1, 0.15) is 10.4 Å². The summed E-state index contributed by atoms with van der Waals surface area (Å²) < 4.78 is 50.4. The second-order valence-electron chi connectivity index (χ2n) is 2.66. The van der Waals surface area contributed by atoms with Gasteiger partial charge >= 0.3 is 6.36 Å². The maximum Gasteiger partial charge on any atom is 0.522 e. The van der Waals surface area contributed by atoms with Crippen LogP contribution in [0, 0.1) is 5.82 Å². The lowest BCUT2D eigenvalue weighted by molar-refractivity contribution is -0.318. The molecule has 0 unspecified atom stereocenters. The van der Waals surface area contributed by atoms with E-state index < -0.39 is 24.6 Å². The molecule has 0 aliphatic rings. The molecule has 0 aliphatic heterocycles. The van der Waals surface area contributed by atoms with Crippen molar-refractivity contribution in [1.82, 2.24) is 0 Å². The maximum absolute atomic E-state index is 12.4. The van der Waals surface area contributed by atoms with Crippen molar-refractivity contribution in [3.8, 4) is 0 Å². The summed E-state index contributed by atoms with van der Waals surface area (Å²) in [5.74, 6) is -1.42. The van der Waals surface area contributed by atoms with Crippen molar-refractivity contribution in [1.29, 1.82) is 0 Å². The third kappa shape index (κ3) is 4.07. The Morgan fingerprint density at radius 2 is 1.73 bits per heavy atom. The zero-order chi connectivity index (χ0) is 11.5. The molecule has 0 bridgehead atoms. The predicted molar refractivity (Wildman–Crippen MR) is 42.7 cm³/mol. The zero-order valence-electron chi connectivity index (χ0n) is 7.34. The van der Waals surface area contributed by atoms with E-state index in [9.17, 15) is 22.4 Å². The number of hydrogen-bond donors (Lipinski definition) is 0. The molecule has 0 radical (unpaired) electrons. The van der Waals surface area contributed by atoms with Gasteiger partial charge in [-0.25, -0.2) is 4.39 Å². The predicted octanol–water partition coefficient (Wildman–Crippen LogP) is 2.54. The van der Waals surface area contributed by atoms with Crippen LogP contribution in [-0.2, 0) is 4.74 Å². The molecule has 15 heavy (non-hydrogen) atoms. The summed E-state index contributed by atoms with van der Waals surface area (Å²) >= 11 is 0. The lowest BCUT2D eigenvalue weighted by Crippen LogP contribution is -2.19. The number of alkyl halides is 3. The Hall–Kier alpha value is -1.43. The van der Waals surface area contributed by atoms with Gasteiger partial charge in [-0.3, -0.25) is 9.53 Å². The number of carbonyl (C=O) groups is 1. The molecular weight excluding hydrogens is 216 g/mol. The highest BCUT2D eigenvalue weighted by molar-refractivity contribution is 5.97. The lowest BCUT2D eigenvalue weighted by Gasteiger charge is -2.06. The fraction of sp³-hybridized carbons (Fsp3) is 0.222. The molecule has 1 rings (SSSR count). The van der Waals surface area contributed by atoms with E-state index in [4.69, 9.17) is 0 Å². The number of hydrogen-bond acceptors (Lipinski definition) is 2. The van der Waals surface area contributed by atoms with Crippen LogP contribution in [-0.4, -0.2) is 18.8 Å². The number of halogens is 4. The van der Waals surface area contributed by atoms with Gasteiger partial charge in [-0.2, -0.15) is 0 Å². The van der Waals surface area contributed by atoms with Gasteiger partial charge in [0.15, 0.2) is 5.78 Å². The number of ketones is 1. The molecule has 6 heteroatoms. The third-order valence-electron chi connectivity index (χ3n) is 1.53. The van der Waals surface area contributed by atoms with Gasteiger partial charge in [-0.1, -0.05) is 0 Å². The van der Waals surface area contributed by atoms with Crippen LogP contribution in [0.4, 0.5) is 17.6 Å². The van der Waals surface area contributed by atoms with Gasteiger partial charge in [0.1, 0.15) is 12.4 Å². The summed E-state index contributed by atoms with van der Waals surface area (Å²) in [7, 11) is 0. The van der Waals surface area contributed by atoms with Gasteiger partial charge in [0.25, 0.3) is 0 Å². The minimum Gasteiger partial charge on any atom is -0.292 e. The summed E-state index contributed by atoms with van der Waals surface area (Å²) in [5, 5.41) is 0. The van der Waals surface area contributed by atoms with E-state index in [-0.39, 0.29) is 5.56 Å². The van der Waals surface area contributed by atoms with Crippen molar-refractivity contribution in [2.45, 2.75) is 6.36 Å². The number of carbonyl (C=O) groups excluding carboxylic acids is 1. The second-order valence-corrected chi connectivity index (χ2v) is 2.66.